The number of hydrogen-bond acceptors (Lipinski definition) is 4. The number of sulfone groups is 1. The number of piperidine rings is 1. The molecular formula is C12H24N2O2S. The molecule has 2 fully saturated rings. The molecule has 5 heteroatoms. The van der Waals surface area contributed by atoms with Crippen LogP contribution in [0.5, 0.6) is 0 Å². The zero-order chi connectivity index (χ0) is 12.3. The second-order valence-electron chi connectivity index (χ2n) is 5.44. The van der Waals surface area contributed by atoms with Gasteiger partial charge in [0.15, 0.2) is 0 Å². The zero-order valence-electron chi connectivity index (χ0n) is 10.5. The fourth-order valence-electron chi connectivity index (χ4n) is 3.09. The van der Waals surface area contributed by atoms with E-state index in [1.54, 1.807) is 0 Å². The average Bonchev–Trinajstić information content (AvgIpc) is 2.31. The lowest BCUT2D eigenvalue weighted by molar-refractivity contribution is 0.122. The third kappa shape index (κ3) is 3.66. The van der Waals surface area contributed by atoms with Crippen LogP contribution in [-0.2, 0) is 9.84 Å². The van der Waals surface area contributed by atoms with Crippen molar-refractivity contribution in [3.8, 4) is 0 Å². The maximum Gasteiger partial charge on any atom is 0.150 e. The Bertz CT molecular complexity index is 320. The Morgan fingerprint density at radius 2 is 1.65 bits per heavy atom. The number of nitrogens with zero attached hydrogens (tertiary/aromatic N) is 1. The van der Waals surface area contributed by atoms with E-state index in [2.05, 4.69) is 4.90 Å². The third-order valence-electron chi connectivity index (χ3n) is 4.26. The van der Waals surface area contributed by atoms with Gasteiger partial charge in [0.2, 0.25) is 0 Å². The summed E-state index contributed by atoms with van der Waals surface area (Å²) in [6.07, 6.45) is 5.29. The van der Waals surface area contributed by atoms with E-state index < -0.39 is 9.84 Å². The fourth-order valence-corrected chi connectivity index (χ4v) is 4.55. The van der Waals surface area contributed by atoms with Crippen molar-refractivity contribution in [2.24, 2.45) is 11.7 Å². The molecule has 0 amide bonds. The summed E-state index contributed by atoms with van der Waals surface area (Å²) in [5.74, 6) is 1.57. The van der Waals surface area contributed by atoms with Crippen molar-refractivity contribution in [3.05, 3.63) is 0 Å². The molecule has 17 heavy (non-hydrogen) atoms. The van der Waals surface area contributed by atoms with E-state index in [0.29, 0.717) is 17.5 Å². The van der Waals surface area contributed by atoms with E-state index in [9.17, 15) is 8.42 Å². The summed E-state index contributed by atoms with van der Waals surface area (Å²) in [5.41, 5.74) is 5.59. The first-order chi connectivity index (χ1) is 8.11. The Hall–Kier alpha value is -0.130. The van der Waals surface area contributed by atoms with Gasteiger partial charge in [0.25, 0.3) is 0 Å². The van der Waals surface area contributed by atoms with Crippen molar-refractivity contribution in [2.45, 2.75) is 38.1 Å². The zero-order valence-corrected chi connectivity index (χ0v) is 11.3. The van der Waals surface area contributed by atoms with E-state index in [4.69, 9.17) is 5.73 Å². The molecule has 100 valence electrons. The van der Waals surface area contributed by atoms with E-state index in [0.717, 1.165) is 44.8 Å². The van der Waals surface area contributed by atoms with Crippen molar-refractivity contribution < 1.29 is 8.42 Å². The van der Waals surface area contributed by atoms with Crippen LogP contribution < -0.4 is 5.73 Å². The second kappa shape index (κ2) is 5.67. The summed E-state index contributed by atoms with van der Waals surface area (Å²) in [7, 11) is -2.72. The molecule has 0 spiro atoms. The van der Waals surface area contributed by atoms with Gasteiger partial charge in [-0.2, -0.15) is 0 Å². The number of nitrogens with two attached hydrogens (primary N) is 1. The molecule has 0 radical (unpaired) electrons. The normalized spacial score (nSPS) is 28.3. The lowest BCUT2D eigenvalue weighted by atomic mass is 9.92. The van der Waals surface area contributed by atoms with Gasteiger partial charge in [-0.05, 0) is 57.7 Å². The van der Waals surface area contributed by atoms with Gasteiger partial charge < -0.3 is 10.6 Å². The topological polar surface area (TPSA) is 63.4 Å². The summed E-state index contributed by atoms with van der Waals surface area (Å²) in [5, 5.41) is 0. The summed E-state index contributed by atoms with van der Waals surface area (Å²) in [6, 6.07) is 0.511. The Kier molecular flexibility index (Phi) is 4.44. The summed E-state index contributed by atoms with van der Waals surface area (Å²) in [6.45, 7) is 3.07. The molecule has 2 N–H and O–H groups in total. The average molecular weight is 260 g/mol. The van der Waals surface area contributed by atoms with E-state index >= 15 is 0 Å². The highest BCUT2D eigenvalue weighted by atomic mass is 32.2. The molecule has 0 bridgehead atoms. The van der Waals surface area contributed by atoms with Crippen LogP contribution in [0.15, 0.2) is 0 Å². The molecule has 0 aromatic heterocycles. The van der Waals surface area contributed by atoms with Crippen LogP contribution in [0.25, 0.3) is 0 Å². The highest BCUT2D eigenvalue weighted by Crippen LogP contribution is 2.25. The van der Waals surface area contributed by atoms with Crippen molar-refractivity contribution in [1.29, 1.82) is 0 Å². The van der Waals surface area contributed by atoms with Crippen LogP contribution >= 0.6 is 0 Å². The standard InChI is InChI=1S/C12H24N2O2S/c13-6-1-11-2-7-14(8-3-11)12-4-9-17(15,16)10-5-12/h11-12H,1-10,13H2. The van der Waals surface area contributed by atoms with Gasteiger partial charge in [-0.1, -0.05) is 0 Å². The summed E-state index contributed by atoms with van der Waals surface area (Å²) in [4.78, 5) is 2.50. The van der Waals surface area contributed by atoms with Gasteiger partial charge in [-0.3, -0.25) is 0 Å². The molecule has 0 aromatic carbocycles. The highest BCUT2D eigenvalue weighted by molar-refractivity contribution is 7.91. The molecule has 0 saturated carbocycles. The molecule has 0 atom stereocenters. The number of rotatable bonds is 3. The van der Waals surface area contributed by atoms with Crippen molar-refractivity contribution in [1.82, 2.24) is 4.90 Å². The third-order valence-corrected chi connectivity index (χ3v) is 5.98. The Morgan fingerprint density at radius 3 is 2.18 bits per heavy atom. The molecule has 2 aliphatic heterocycles. The molecule has 0 aromatic rings. The predicted molar refractivity (Wildman–Crippen MR) is 69.6 cm³/mol. The minimum atomic E-state index is -2.72. The molecule has 2 heterocycles. The fraction of sp³-hybridized carbons (Fsp3) is 1.00. The maximum atomic E-state index is 11.4. The van der Waals surface area contributed by atoms with Crippen molar-refractivity contribution >= 4 is 9.84 Å². The van der Waals surface area contributed by atoms with Gasteiger partial charge in [0.1, 0.15) is 9.84 Å². The van der Waals surface area contributed by atoms with E-state index in [1.807, 2.05) is 0 Å². The van der Waals surface area contributed by atoms with Crippen molar-refractivity contribution in [3.63, 3.8) is 0 Å². The SMILES string of the molecule is NCCC1CCN(C2CCS(=O)(=O)CC2)CC1. The van der Waals surface area contributed by atoms with Gasteiger partial charge in [-0.15, -0.1) is 0 Å². The van der Waals surface area contributed by atoms with Gasteiger partial charge in [0, 0.05) is 6.04 Å². The van der Waals surface area contributed by atoms with Crippen LogP contribution in [0.2, 0.25) is 0 Å². The quantitative estimate of drug-likeness (QED) is 0.808. The molecule has 0 unspecified atom stereocenters. The largest absolute Gasteiger partial charge is 0.330 e. The first-order valence-corrected chi connectivity index (χ1v) is 8.57. The minimum absolute atomic E-state index is 0.389. The van der Waals surface area contributed by atoms with E-state index in [-0.39, 0.29) is 0 Å². The van der Waals surface area contributed by atoms with Gasteiger partial charge in [-0.25, -0.2) is 8.42 Å². The second-order valence-corrected chi connectivity index (χ2v) is 7.74. The molecule has 0 aliphatic carbocycles. The van der Waals surface area contributed by atoms with Crippen LogP contribution in [0.4, 0.5) is 0 Å². The lowest BCUT2D eigenvalue weighted by Gasteiger charge is -2.39. The Labute approximate surface area is 104 Å². The van der Waals surface area contributed by atoms with E-state index in [1.165, 1.54) is 12.8 Å². The molecule has 4 nitrogen and oxygen atoms in total. The summed E-state index contributed by atoms with van der Waals surface area (Å²) >= 11 is 0. The molecular weight excluding hydrogens is 236 g/mol. The van der Waals surface area contributed by atoms with Crippen molar-refractivity contribution in [2.75, 3.05) is 31.1 Å². The Morgan fingerprint density at radius 1 is 1.06 bits per heavy atom. The first kappa shape index (κ1) is 13.3. The monoisotopic (exact) mass is 260 g/mol. The number of hydrogen-bond donors (Lipinski definition) is 1. The van der Waals surface area contributed by atoms with Crippen LogP contribution in [-0.4, -0.2) is 50.5 Å². The van der Waals surface area contributed by atoms with Gasteiger partial charge in [0.05, 0.1) is 11.5 Å². The first-order valence-electron chi connectivity index (χ1n) is 6.75. The van der Waals surface area contributed by atoms with Crippen LogP contribution in [0, 0.1) is 5.92 Å². The highest BCUT2D eigenvalue weighted by Gasteiger charge is 2.30. The molecule has 2 rings (SSSR count). The number of likely N-dealkylation sites (tertiary alicyclic amines) is 1. The predicted octanol–water partition coefficient (Wildman–Crippen LogP) is 0.624. The van der Waals surface area contributed by atoms with Crippen LogP contribution in [0.1, 0.15) is 32.1 Å². The Balaban J connectivity index is 1.78. The molecule has 2 aliphatic rings. The minimum Gasteiger partial charge on any atom is -0.330 e. The maximum absolute atomic E-state index is 11.4. The van der Waals surface area contributed by atoms with Gasteiger partial charge >= 0.3 is 0 Å². The molecule has 2 saturated heterocycles. The summed E-state index contributed by atoms with van der Waals surface area (Å²) < 4.78 is 22.8. The smallest absolute Gasteiger partial charge is 0.150 e. The lowest BCUT2D eigenvalue weighted by Crippen LogP contribution is -2.45. The van der Waals surface area contributed by atoms with Crippen LogP contribution in [0.3, 0.4) is 0 Å².